The van der Waals surface area contributed by atoms with Gasteiger partial charge in [0.15, 0.2) is 0 Å². The van der Waals surface area contributed by atoms with E-state index in [1.54, 1.807) is 0 Å². The molecule has 0 saturated carbocycles. The van der Waals surface area contributed by atoms with Crippen molar-refractivity contribution >= 4 is 0 Å². The summed E-state index contributed by atoms with van der Waals surface area (Å²) in [6, 6.07) is 9.12. The molecule has 1 aliphatic rings. The van der Waals surface area contributed by atoms with Crippen LogP contribution in [0.3, 0.4) is 0 Å². The lowest BCUT2D eigenvalue weighted by Crippen LogP contribution is -2.46. The summed E-state index contributed by atoms with van der Waals surface area (Å²) in [6.45, 7) is 14.1. The van der Waals surface area contributed by atoms with Gasteiger partial charge in [-0.2, -0.15) is 0 Å². The smallest absolute Gasteiger partial charge is 0.0234 e. The number of hydrogen-bond acceptors (Lipinski definition) is 2. The van der Waals surface area contributed by atoms with Gasteiger partial charge in [0, 0.05) is 39.3 Å². The molecule has 0 unspecified atom stereocenters. The van der Waals surface area contributed by atoms with Crippen LogP contribution in [0.4, 0.5) is 0 Å². The molecule has 1 heterocycles. The van der Waals surface area contributed by atoms with E-state index < -0.39 is 0 Å². The third kappa shape index (κ3) is 4.63. The number of hydrogen-bond donors (Lipinski definition) is 0. The average Bonchev–Trinajstić information content (AvgIpc) is 2.41. The summed E-state index contributed by atoms with van der Waals surface area (Å²) in [5.74, 6) is 0.785. The molecule has 2 nitrogen and oxygen atoms in total. The van der Waals surface area contributed by atoms with Gasteiger partial charge in [-0.15, -0.1) is 0 Å². The molecule has 1 aliphatic heterocycles. The lowest BCUT2D eigenvalue weighted by atomic mass is 10.1. The van der Waals surface area contributed by atoms with Crippen LogP contribution < -0.4 is 0 Å². The van der Waals surface area contributed by atoms with Crippen molar-refractivity contribution in [2.45, 2.75) is 33.7 Å². The monoisotopic (exact) mass is 260 g/mol. The molecule has 2 rings (SSSR count). The van der Waals surface area contributed by atoms with E-state index in [2.05, 4.69) is 54.8 Å². The van der Waals surface area contributed by atoms with Crippen LogP contribution in [0, 0.1) is 5.92 Å². The van der Waals surface area contributed by atoms with Crippen LogP contribution in [-0.2, 0) is 13.0 Å². The molecule has 1 saturated heterocycles. The van der Waals surface area contributed by atoms with Gasteiger partial charge in [0.1, 0.15) is 0 Å². The zero-order valence-corrected chi connectivity index (χ0v) is 12.7. The van der Waals surface area contributed by atoms with E-state index >= 15 is 0 Å². The van der Waals surface area contributed by atoms with Gasteiger partial charge in [0.25, 0.3) is 0 Å². The second-order valence-corrected chi connectivity index (χ2v) is 6.14. The first-order valence-electron chi connectivity index (χ1n) is 7.70. The van der Waals surface area contributed by atoms with Crippen molar-refractivity contribution in [2.75, 3.05) is 32.7 Å². The zero-order chi connectivity index (χ0) is 13.7. The molecule has 106 valence electrons. The predicted octanol–water partition coefficient (Wildman–Crippen LogP) is 3.02. The summed E-state index contributed by atoms with van der Waals surface area (Å²) in [4.78, 5) is 5.18. The molecule has 0 N–H and O–H groups in total. The highest BCUT2D eigenvalue weighted by atomic mass is 15.3. The van der Waals surface area contributed by atoms with Crippen LogP contribution >= 0.6 is 0 Å². The van der Waals surface area contributed by atoms with Crippen molar-refractivity contribution in [3.05, 3.63) is 35.4 Å². The van der Waals surface area contributed by atoms with Crippen LogP contribution in [-0.4, -0.2) is 42.5 Å². The summed E-state index contributed by atoms with van der Waals surface area (Å²) in [7, 11) is 0. The van der Waals surface area contributed by atoms with E-state index in [1.165, 1.54) is 43.9 Å². The topological polar surface area (TPSA) is 6.48 Å². The number of piperazine rings is 1. The normalized spacial score (nSPS) is 18.1. The average molecular weight is 260 g/mol. The molecule has 1 fully saturated rings. The standard InChI is InChI=1S/C17H28N2/c1-4-16-5-7-17(8-6-16)14-19-11-9-18(10-12-19)13-15(2)3/h5-8,15H,4,9-14H2,1-3H3. The molecular formula is C17H28N2. The first-order valence-corrected chi connectivity index (χ1v) is 7.70. The minimum Gasteiger partial charge on any atom is -0.301 e. The van der Waals surface area contributed by atoms with Gasteiger partial charge in [0.05, 0.1) is 0 Å². The summed E-state index contributed by atoms with van der Waals surface area (Å²) in [6.07, 6.45) is 1.13. The first-order chi connectivity index (χ1) is 9.17. The fraction of sp³-hybridized carbons (Fsp3) is 0.647. The fourth-order valence-electron chi connectivity index (χ4n) is 2.78. The third-order valence-electron chi connectivity index (χ3n) is 3.93. The van der Waals surface area contributed by atoms with Crippen molar-refractivity contribution in [1.29, 1.82) is 0 Å². The molecule has 0 aromatic heterocycles. The first kappa shape index (κ1) is 14.5. The van der Waals surface area contributed by atoms with Crippen LogP contribution in [0.25, 0.3) is 0 Å². The molecule has 0 spiro atoms. The summed E-state index contributed by atoms with van der Waals surface area (Å²) < 4.78 is 0. The Morgan fingerprint density at radius 2 is 1.42 bits per heavy atom. The SMILES string of the molecule is CCc1ccc(CN2CCN(CC(C)C)CC2)cc1. The Kier molecular flexibility index (Phi) is 5.41. The van der Waals surface area contributed by atoms with E-state index in [0.29, 0.717) is 0 Å². The molecule has 0 aliphatic carbocycles. The third-order valence-corrected chi connectivity index (χ3v) is 3.93. The Morgan fingerprint density at radius 3 is 1.95 bits per heavy atom. The predicted molar refractivity (Wildman–Crippen MR) is 82.4 cm³/mol. The molecule has 2 heteroatoms. The van der Waals surface area contributed by atoms with Crippen molar-refractivity contribution in [1.82, 2.24) is 9.80 Å². The largest absolute Gasteiger partial charge is 0.301 e. The Bertz CT molecular complexity index is 361. The number of aryl methyl sites for hydroxylation is 1. The quantitative estimate of drug-likeness (QED) is 0.803. The summed E-state index contributed by atoms with van der Waals surface area (Å²) in [5.41, 5.74) is 2.89. The van der Waals surface area contributed by atoms with Gasteiger partial charge in [-0.05, 0) is 23.5 Å². The highest BCUT2D eigenvalue weighted by Crippen LogP contribution is 2.11. The molecule has 1 aromatic rings. The van der Waals surface area contributed by atoms with Crippen LogP contribution in [0.15, 0.2) is 24.3 Å². The summed E-state index contributed by atoms with van der Waals surface area (Å²) >= 11 is 0. The Hall–Kier alpha value is -0.860. The molecular weight excluding hydrogens is 232 g/mol. The van der Waals surface area contributed by atoms with E-state index in [9.17, 15) is 0 Å². The molecule has 0 radical (unpaired) electrons. The van der Waals surface area contributed by atoms with E-state index in [4.69, 9.17) is 0 Å². The second-order valence-electron chi connectivity index (χ2n) is 6.14. The van der Waals surface area contributed by atoms with Crippen LogP contribution in [0.2, 0.25) is 0 Å². The molecule has 0 amide bonds. The van der Waals surface area contributed by atoms with Gasteiger partial charge >= 0.3 is 0 Å². The Morgan fingerprint density at radius 1 is 0.895 bits per heavy atom. The Balaban J connectivity index is 1.78. The zero-order valence-electron chi connectivity index (χ0n) is 12.7. The Labute approximate surface area is 118 Å². The van der Waals surface area contributed by atoms with E-state index in [0.717, 1.165) is 18.9 Å². The molecule has 0 bridgehead atoms. The van der Waals surface area contributed by atoms with Crippen molar-refractivity contribution in [2.24, 2.45) is 5.92 Å². The maximum Gasteiger partial charge on any atom is 0.0234 e. The van der Waals surface area contributed by atoms with Crippen LogP contribution in [0.1, 0.15) is 31.9 Å². The number of nitrogens with zero attached hydrogens (tertiary/aromatic N) is 2. The highest BCUT2D eigenvalue weighted by molar-refractivity contribution is 5.22. The van der Waals surface area contributed by atoms with Gasteiger partial charge < -0.3 is 4.90 Å². The number of rotatable bonds is 5. The van der Waals surface area contributed by atoms with Gasteiger partial charge in [-0.3, -0.25) is 4.90 Å². The number of benzene rings is 1. The van der Waals surface area contributed by atoms with Crippen LogP contribution in [0.5, 0.6) is 0 Å². The maximum atomic E-state index is 2.60. The van der Waals surface area contributed by atoms with Gasteiger partial charge in [-0.25, -0.2) is 0 Å². The maximum absolute atomic E-state index is 2.60. The molecule has 0 atom stereocenters. The molecule has 1 aromatic carbocycles. The van der Waals surface area contributed by atoms with Gasteiger partial charge in [0.2, 0.25) is 0 Å². The minimum atomic E-state index is 0.785. The van der Waals surface area contributed by atoms with E-state index in [-0.39, 0.29) is 0 Å². The lowest BCUT2D eigenvalue weighted by Gasteiger charge is -2.35. The minimum absolute atomic E-state index is 0.785. The van der Waals surface area contributed by atoms with Crippen molar-refractivity contribution in [3.8, 4) is 0 Å². The second kappa shape index (κ2) is 7.06. The summed E-state index contributed by atoms with van der Waals surface area (Å²) in [5, 5.41) is 0. The molecule has 19 heavy (non-hydrogen) atoms. The lowest BCUT2D eigenvalue weighted by molar-refractivity contribution is 0.117. The fourth-order valence-corrected chi connectivity index (χ4v) is 2.78. The van der Waals surface area contributed by atoms with Crippen molar-refractivity contribution in [3.63, 3.8) is 0 Å². The highest BCUT2D eigenvalue weighted by Gasteiger charge is 2.17. The van der Waals surface area contributed by atoms with E-state index in [1.807, 2.05) is 0 Å². The van der Waals surface area contributed by atoms with Crippen molar-refractivity contribution < 1.29 is 0 Å². The van der Waals surface area contributed by atoms with Gasteiger partial charge in [-0.1, -0.05) is 45.0 Å².